The molecule has 5 atom stereocenters. The molecule has 1 heterocycles. The third-order valence-electron chi connectivity index (χ3n) is 1.86. The Bertz CT molecular complexity index is 139. The van der Waals surface area contributed by atoms with Crippen LogP contribution >= 0.6 is 0 Å². The molecule has 0 amide bonds. The van der Waals surface area contributed by atoms with Crippen molar-refractivity contribution in [3.63, 3.8) is 0 Å². The Morgan fingerprint density at radius 2 is 1.43 bits per heavy atom. The van der Waals surface area contributed by atoms with Crippen LogP contribution in [0.25, 0.3) is 5.73 Å². The van der Waals surface area contributed by atoms with Crippen molar-refractivity contribution in [1.82, 2.24) is 0 Å². The molecule has 0 aromatic heterocycles. The monoisotopic (exact) mass is 843 g/mol. The van der Waals surface area contributed by atoms with E-state index >= 15 is 0 Å². The molecule has 8 heteroatoms. The fourth-order valence-corrected chi connectivity index (χ4v) is 1.04. The fraction of sp³-hybridized carbons (Fsp3) is 1.00. The van der Waals surface area contributed by atoms with Crippen molar-refractivity contribution in [3.05, 3.63) is 5.73 Å². The molecule has 0 saturated carbocycles. The van der Waals surface area contributed by atoms with Crippen LogP contribution in [0, 0.1) is 132 Å². The van der Waals surface area contributed by atoms with E-state index in [2.05, 4.69) is 0 Å². The first-order chi connectivity index (χ1) is 5.04. The van der Waals surface area contributed by atoms with Crippen LogP contribution in [-0.4, -0.2) is 46.0 Å². The Kier molecular flexibility index (Phi) is 18.2. The van der Waals surface area contributed by atoms with Gasteiger partial charge in [0.05, 0.1) is 12.2 Å². The van der Waals surface area contributed by atoms with Gasteiger partial charge in [-0.15, -0.1) is 0 Å². The first-order valence-corrected chi connectivity index (χ1v) is 3.45. The van der Waals surface area contributed by atoms with Crippen molar-refractivity contribution in [2.24, 2.45) is 0 Å². The van der Waals surface area contributed by atoms with Gasteiger partial charge in [-0.25, -0.2) is 0 Å². The molecule has 1 saturated heterocycles. The van der Waals surface area contributed by atoms with Crippen molar-refractivity contribution in [1.29, 1.82) is 0 Å². The van der Waals surface area contributed by atoms with Gasteiger partial charge in [0.15, 0.2) is 0 Å². The van der Waals surface area contributed by atoms with Crippen molar-refractivity contribution < 1.29 is 152 Å². The molecule has 1 aliphatic heterocycles. The van der Waals surface area contributed by atoms with Gasteiger partial charge >= 0.3 is 0 Å². The molecule has 1 aliphatic rings. The number of nitrogens with one attached hydrogen (secondary N) is 1. The summed E-state index contributed by atoms with van der Waals surface area (Å²) in [6.45, 7) is 1.53. The van der Waals surface area contributed by atoms with Gasteiger partial charge in [-0.2, -0.15) is 0 Å². The second-order valence-electron chi connectivity index (χ2n) is 2.74. The minimum atomic E-state index is -1.30. The maximum Gasteiger partial charge on any atom is 0.141 e. The van der Waals surface area contributed by atoms with Gasteiger partial charge in [0.2, 0.25) is 0 Å². The normalized spacial score (nSPS) is 41.4. The molecule has 1 fully saturated rings. The zero-order valence-electron chi connectivity index (χ0n) is 7.87. The second kappa shape index (κ2) is 11.0. The number of hydrogen-bond acceptors (Lipinski definition) is 4. The van der Waals surface area contributed by atoms with E-state index in [9.17, 15) is 0 Å². The van der Waals surface area contributed by atoms with Crippen LogP contribution < -0.4 is 0 Å². The first kappa shape index (κ1) is 23.2. The van der Waals surface area contributed by atoms with E-state index in [-0.39, 0.29) is 132 Å². The van der Waals surface area contributed by atoms with E-state index < -0.39 is 30.6 Å². The van der Waals surface area contributed by atoms with Gasteiger partial charge in [0, 0.05) is 132 Å². The minimum Gasteiger partial charge on any atom is -0.668 e. The van der Waals surface area contributed by atoms with Gasteiger partial charge in [-0.1, -0.05) is 6.04 Å². The molecule has 0 aromatic carbocycles. The van der Waals surface area contributed by atoms with Crippen molar-refractivity contribution in [2.45, 2.75) is 37.6 Å². The SMILES string of the molecule is C[C@H]1OC(O)C([NH-])C(O)C1O.[Ac].[Ac].[Ac]. The van der Waals surface area contributed by atoms with Crippen LogP contribution in [0.15, 0.2) is 0 Å². The second-order valence-corrected chi connectivity index (χ2v) is 2.74. The summed E-state index contributed by atoms with van der Waals surface area (Å²) in [5.41, 5.74) is 7.12. The molecule has 3 radical (unpaired) electrons. The first-order valence-electron chi connectivity index (χ1n) is 3.45. The number of rotatable bonds is 0. The van der Waals surface area contributed by atoms with Crippen LogP contribution in [-0.2, 0) is 4.74 Å². The number of aliphatic hydroxyl groups excluding tert-OH is 3. The summed E-state index contributed by atoms with van der Waals surface area (Å²) in [5.74, 6) is 0. The number of ether oxygens (including phenoxy) is 1. The fourth-order valence-electron chi connectivity index (χ4n) is 1.04. The van der Waals surface area contributed by atoms with Gasteiger partial charge in [0.1, 0.15) is 12.4 Å². The third kappa shape index (κ3) is 6.34. The van der Waals surface area contributed by atoms with Gasteiger partial charge < -0.3 is 25.8 Å². The van der Waals surface area contributed by atoms with E-state index in [0.717, 1.165) is 0 Å². The minimum absolute atomic E-state index is 0. The number of aliphatic hydroxyl groups is 3. The molecule has 0 spiro atoms. The predicted octanol–water partition coefficient (Wildman–Crippen LogP) is -1.13. The van der Waals surface area contributed by atoms with E-state index in [4.69, 9.17) is 25.8 Å². The van der Waals surface area contributed by atoms with Crippen LogP contribution in [0.1, 0.15) is 6.92 Å². The van der Waals surface area contributed by atoms with Crippen LogP contribution in [0.5, 0.6) is 0 Å². The molecule has 0 aromatic rings. The maximum atomic E-state index is 9.13. The summed E-state index contributed by atoms with van der Waals surface area (Å²) in [5, 5.41) is 27.2. The van der Waals surface area contributed by atoms with Crippen LogP contribution in [0.3, 0.4) is 0 Å². The van der Waals surface area contributed by atoms with E-state index in [1.807, 2.05) is 0 Å². The maximum absolute atomic E-state index is 9.13. The molecule has 1 rings (SSSR count). The van der Waals surface area contributed by atoms with Crippen LogP contribution in [0.4, 0.5) is 0 Å². The summed E-state index contributed by atoms with van der Waals surface area (Å²) in [6.07, 6.45) is -4.24. The Morgan fingerprint density at radius 1 is 1.00 bits per heavy atom. The van der Waals surface area contributed by atoms with Gasteiger partial charge in [0.25, 0.3) is 0 Å². The topological polar surface area (TPSA) is 93.7 Å². The van der Waals surface area contributed by atoms with E-state index in [1.165, 1.54) is 6.92 Å². The van der Waals surface area contributed by atoms with Crippen molar-refractivity contribution >= 4 is 0 Å². The predicted molar refractivity (Wildman–Crippen MR) is 36.7 cm³/mol. The molecular formula is C6H12Ac3NO4-. The third-order valence-corrected chi connectivity index (χ3v) is 1.86. The largest absolute Gasteiger partial charge is 0.668 e. The summed E-state index contributed by atoms with van der Waals surface area (Å²) < 4.78 is 4.74. The summed E-state index contributed by atoms with van der Waals surface area (Å²) >= 11 is 0. The standard InChI is InChI=1S/C6H12NO4.3Ac/c1-2-4(8)5(9)3(7)6(10)11-2;;;/h2-10H,1H3;;;/q-1;;;/t2-,3?,4?,5?,6?;;;/m1.../s1. The van der Waals surface area contributed by atoms with Crippen LogP contribution in [0.2, 0.25) is 0 Å². The van der Waals surface area contributed by atoms with Crippen molar-refractivity contribution in [3.8, 4) is 0 Å². The molecule has 14 heavy (non-hydrogen) atoms. The van der Waals surface area contributed by atoms with Gasteiger partial charge in [-0.3, -0.25) is 0 Å². The Balaban J connectivity index is -0.000000403. The van der Waals surface area contributed by atoms with E-state index in [0.29, 0.717) is 0 Å². The summed E-state index contributed by atoms with van der Waals surface area (Å²) in [7, 11) is 0. The smallest absolute Gasteiger partial charge is 0.141 e. The molecule has 0 aliphatic carbocycles. The van der Waals surface area contributed by atoms with Gasteiger partial charge in [-0.05, 0) is 6.92 Å². The number of hydrogen-bond donors (Lipinski definition) is 3. The molecular weight excluding hydrogens is 831 g/mol. The van der Waals surface area contributed by atoms with Crippen molar-refractivity contribution in [2.75, 3.05) is 0 Å². The zero-order chi connectivity index (χ0) is 8.59. The molecule has 75 valence electrons. The molecule has 0 bridgehead atoms. The average Bonchev–Trinajstić information content (AvgIpc) is 1.97. The molecule has 4 unspecified atom stereocenters. The average molecular weight is 843 g/mol. The summed E-state index contributed by atoms with van der Waals surface area (Å²) in [6, 6.07) is -1.18. The van der Waals surface area contributed by atoms with E-state index in [1.54, 1.807) is 0 Å². The zero-order valence-corrected chi connectivity index (χ0v) is 22.1. The molecule has 4 N–H and O–H groups in total. The Labute approximate surface area is 191 Å². The molecule has 5 nitrogen and oxygen atoms in total. The Morgan fingerprint density at radius 3 is 1.86 bits per heavy atom. The Hall–Kier alpha value is 4.12. The quantitative estimate of drug-likeness (QED) is 0.288. The summed E-state index contributed by atoms with van der Waals surface area (Å²) in [4.78, 5) is 0.